The number of nitrogens with two attached hydrogens (primary N) is 1. The van der Waals surface area contributed by atoms with E-state index in [-0.39, 0.29) is 11.9 Å². The molecular formula is C18H24N2O. The predicted molar refractivity (Wildman–Crippen MR) is 88.1 cm³/mol. The van der Waals surface area contributed by atoms with Crippen molar-refractivity contribution < 1.29 is 4.79 Å². The maximum atomic E-state index is 12.1. The summed E-state index contributed by atoms with van der Waals surface area (Å²) in [6, 6.07) is 14.4. The average Bonchev–Trinajstić information content (AvgIpc) is 2.45. The van der Waals surface area contributed by atoms with E-state index in [1.165, 1.54) is 10.8 Å². The van der Waals surface area contributed by atoms with Gasteiger partial charge in [-0.15, -0.1) is 0 Å². The minimum Gasteiger partial charge on any atom is -0.352 e. The van der Waals surface area contributed by atoms with Crippen molar-refractivity contribution in [3.63, 3.8) is 0 Å². The van der Waals surface area contributed by atoms with E-state index in [4.69, 9.17) is 5.73 Å². The number of nitrogens with one attached hydrogen (secondary N) is 1. The van der Waals surface area contributed by atoms with Crippen molar-refractivity contribution in [3.05, 3.63) is 48.0 Å². The lowest BCUT2D eigenvalue weighted by atomic mass is 10.0. The molecule has 1 amide bonds. The first-order valence-corrected chi connectivity index (χ1v) is 7.55. The number of rotatable bonds is 6. The third-order valence-electron chi connectivity index (χ3n) is 3.58. The zero-order chi connectivity index (χ0) is 15.2. The topological polar surface area (TPSA) is 55.1 Å². The maximum absolute atomic E-state index is 12.1. The standard InChI is InChI=1S/C18H24N2O/c1-13(2)9-17(12-19)20-18(21)11-14-7-8-15-5-3-4-6-16(15)10-14/h3-8,10,13,17H,9,11-12,19H2,1-2H3,(H,20,21). The number of fused-ring (bicyclic) bond motifs is 1. The predicted octanol–water partition coefficient (Wildman–Crippen LogP) is 2.87. The van der Waals surface area contributed by atoms with E-state index in [2.05, 4.69) is 43.4 Å². The minimum absolute atomic E-state index is 0.0429. The van der Waals surface area contributed by atoms with Crippen LogP contribution in [-0.4, -0.2) is 18.5 Å². The Bertz CT molecular complexity index is 607. The summed E-state index contributed by atoms with van der Waals surface area (Å²) in [6.07, 6.45) is 1.32. The molecule has 3 N–H and O–H groups in total. The number of carbonyl (C=O) groups is 1. The Morgan fingerprint density at radius 3 is 2.52 bits per heavy atom. The van der Waals surface area contributed by atoms with E-state index in [0.717, 1.165) is 12.0 Å². The Hall–Kier alpha value is -1.87. The highest BCUT2D eigenvalue weighted by atomic mass is 16.1. The number of amides is 1. The summed E-state index contributed by atoms with van der Waals surface area (Å²) in [6.45, 7) is 4.76. The fourth-order valence-electron chi connectivity index (χ4n) is 2.60. The van der Waals surface area contributed by atoms with Gasteiger partial charge in [0.15, 0.2) is 0 Å². The van der Waals surface area contributed by atoms with Crippen molar-refractivity contribution >= 4 is 16.7 Å². The molecule has 0 spiro atoms. The first kappa shape index (κ1) is 15.5. The molecule has 1 unspecified atom stereocenters. The summed E-state index contributed by atoms with van der Waals surface area (Å²) in [5.74, 6) is 0.570. The quantitative estimate of drug-likeness (QED) is 0.857. The van der Waals surface area contributed by atoms with Crippen LogP contribution in [0.2, 0.25) is 0 Å². The average molecular weight is 284 g/mol. The van der Waals surface area contributed by atoms with Gasteiger partial charge in [-0.2, -0.15) is 0 Å². The second kappa shape index (κ2) is 7.23. The van der Waals surface area contributed by atoms with Crippen LogP contribution in [0.15, 0.2) is 42.5 Å². The van der Waals surface area contributed by atoms with Crippen LogP contribution < -0.4 is 11.1 Å². The van der Waals surface area contributed by atoms with E-state index >= 15 is 0 Å². The van der Waals surface area contributed by atoms with E-state index in [1.54, 1.807) is 0 Å². The minimum atomic E-state index is 0.0429. The van der Waals surface area contributed by atoms with Crippen LogP contribution in [0, 0.1) is 5.92 Å². The third-order valence-corrected chi connectivity index (χ3v) is 3.58. The Balaban J connectivity index is 2.00. The number of benzene rings is 2. The fourth-order valence-corrected chi connectivity index (χ4v) is 2.60. The van der Waals surface area contributed by atoms with Gasteiger partial charge in [-0.3, -0.25) is 4.79 Å². The molecule has 0 aliphatic carbocycles. The molecule has 2 rings (SSSR count). The van der Waals surface area contributed by atoms with Crippen molar-refractivity contribution in [1.82, 2.24) is 5.32 Å². The Morgan fingerprint density at radius 1 is 1.14 bits per heavy atom. The van der Waals surface area contributed by atoms with Gasteiger partial charge in [0.25, 0.3) is 0 Å². The molecule has 21 heavy (non-hydrogen) atoms. The van der Waals surface area contributed by atoms with Crippen LogP contribution in [0.5, 0.6) is 0 Å². The highest BCUT2D eigenvalue weighted by Crippen LogP contribution is 2.16. The molecule has 0 saturated carbocycles. The second-order valence-corrected chi connectivity index (χ2v) is 5.99. The largest absolute Gasteiger partial charge is 0.352 e. The number of carbonyl (C=O) groups excluding carboxylic acids is 1. The second-order valence-electron chi connectivity index (χ2n) is 5.99. The molecule has 0 bridgehead atoms. The highest BCUT2D eigenvalue weighted by Gasteiger charge is 2.12. The van der Waals surface area contributed by atoms with Gasteiger partial charge in [-0.1, -0.05) is 56.3 Å². The van der Waals surface area contributed by atoms with Crippen molar-refractivity contribution in [1.29, 1.82) is 0 Å². The van der Waals surface area contributed by atoms with Gasteiger partial charge in [0.05, 0.1) is 6.42 Å². The van der Waals surface area contributed by atoms with Crippen molar-refractivity contribution in [2.75, 3.05) is 6.54 Å². The number of hydrogen-bond acceptors (Lipinski definition) is 2. The van der Waals surface area contributed by atoms with Gasteiger partial charge in [0, 0.05) is 12.6 Å². The summed E-state index contributed by atoms with van der Waals surface area (Å²) in [4.78, 5) is 12.1. The molecule has 3 nitrogen and oxygen atoms in total. The lowest BCUT2D eigenvalue weighted by Crippen LogP contribution is -2.41. The van der Waals surface area contributed by atoms with E-state index < -0.39 is 0 Å². The van der Waals surface area contributed by atoms with Gasteiger partial charge in [0.1, 0.15) is 0 Å². The fraction of sp³-hybridized carbons (Fsp3) is 0.389. The summed E-state index contributed by atoms with van der Waals surface area (Å²) >= 11 is 0. The summed E-state index contributed by atoms with van der Waals surface area (Å²) in [5, 5.41) is 5.39. The van der Waals surface area contributed by atoms with Crippen molar-refractivity contribution in [3.8, 4) is 0 Å². The van der Waals surface area contributed by atoms with Crippen LogP contribution in [0.25, 0.3) is 10.8 Å². The zero-order valence-electron chi connectivity index (χ0n) is 12.8. The SMILES string of the molecule is CC(C)CC(CN)NC(=O)Cc1ccc2ccccc2c1. The highest BCUT2D eigenvalue weighted by molar-refractivity contribution is 5.85. The molecule has 0 heterocycles. The molecule has 112 valence electrons. The zero-order valence-corrected chi connectivity index (χ0v) is 12.8. The van der Waals surface area contributed by atoms with Gasteiger partial charge < -0.3 is 11.1 Å². The normalized spacial score (nSPS) is 12.6. The Kier molecular flexibility index (Phi) is 5.34. The molecule has 2 aromatic rings. The van der Waals surface area contributed by atoms with Gasteiger partial charge in [-0.25, -0.2) is 0 Å². The van der Waals surface area contributed by atoms with Crippen LogP contribution >= 0.6 is 0 Å². The van der Waals surface area contributed by atoms with Crippen molar-refractivity contribution in [2.24, 2.45) is 11.7 Å². The molecule has 0 aromatic heterocycles. The molecule has 0 aliphatic rings. The summed E-state index contributed by atoms with van der Waals surface area (Å²) < 4.78 is 0. The molecule has 0 saturated heterocycles. The first-order valence-electron chi connectivity index (χ1n) is 7.55. The molecule has 3 heteroatoms. The lowest BCUT2D eigenvalue weighted by molar-refractivity contribution is -0.121. The molecule has 0 fully saturated rings. The van der Waals surface area contributed by atoms with Gasteiger partial charge in [-0.05, 0) is 28.7 Å². The Morgan fingerprint density at radius 2 is 1.86 bits per heavy atom. The summed E-state index contributed by atoms with van der Waals surface area (Å²) in [7, 11) is 0. The monoisotopic (exact) mass is 284 g/mol. The molecule has 0 radical (unpaired) electrons. The maximum Gasteiger partial charge on any atom is 0.224 e. The van der Waals surface area contributed by atoms with Crippen molar-refractivity contribution in [2.45, 2.75) is 32.7 Å². The first-order chi connectivity index (χ1) is 10.1. The molecule has 1 atom stereocenters. The summed E-state index contributed by atoms with van der Waals surface area (Å²) in [5.41, 5.74) is 6.76. The van der Waals surface area contributed by atoms with E-state index in [0.29, 0.717) is 18.9 Å². The van der Waals surface area contributed by atoms with Crippen LogP contribution in [-0.2, 0) is 11.2 Å². The van der Waals surface area contributed by atoms with Crippen LogP contribution in [0.4, 0.5) is 0 Å². The molecule has 0 aliphatic heterocycles. The van der Waals surface area contributed by atoms with Crippen LogP contribution in [0.1, 0.15) is 25.8 Å². The third kappa shape index (κ3) is 4.57. The van der Waals surface area contributed by atoms with Crippen LogP contribution in [0.3, 0.4) is 0 Å². The lowest BCUT2D eigenvalue weighted by Gasteiger charge is -2.18. The van der Waals surface area contributed by atoms with E-state index in [9.17, 15) is 4.79 Å². The van der Waals surface area contributed by atoms with Gasteiger partial charge >= 0.3 is 0 Å². The molecular weight excluding hydrogens is 260 g/mol. The number of hydrogen-bond donors (Lipinski definition) is 2. The smallest absolute Gasteiger partial charge is 0.224 e. The van der Waals surface area contributed by atoms with Gasteiger partial charge in [0.2, 0.25) is 5.91 Å². The van der Waals surface area contributed by atoms with E-state index in [1.807, 2.05) is 18.2 Å². The molecule has 2 aromatic carbocycles. The Labute approximate surface area is 126 Å².